The van der Waals surface area contributed by atoms with Crippen molar-refractivity contribution in [3.63, 3.8) is 0 Å². The molecule has 2 saturated heterocycles. The number of carbonyl (C=O) groups excluding carboxylic acids is 1. The SMILES string of the molecule is COc1cc2nc(N3CCC(CNC(=O)CCl)C3)nc(NC3CCN(C4CCCCC4)CC3)c2cc1OC. The molecule has 5 rings (SSSR count). The number of fused-ring (bicyclic) bond motifs is 1. The number of alkyl halides is 1. The Morgan fingerprint density at radius 2 is 1.74 bits per heavy atom. The number of hydrogen-bond acceptors (Lipinski definition) is 8. The molecule has 1 aromatic heterocycles. The average Bonchev–Trinajstić information content (AvgIpc) is 3.45. The van der Waals surface area contributed by atoms with Gasteiger partial charge in [-0.2, -0.15) is 4.98 Å². The van der Waals surface area contributed by atoms with E-state index in [1.54, 1.807) is 14.2 Å². The number of nitrogens with one attached hydrogen (secondary N) is 2. The highest BCUT2D eigenvalue weighted by Crippen LogP contribution is 2.36. The molecule has 2 aliphatic heterocycles. The van der Waals surface area contributed by atoms with E-state index in [0.29, 0.717) is 36.0 Å². The number of piperidine rings is 1. The number of aromatic nitrogens is 2. The van der Waals surface area contributed by atoms with Gasteiger partial charge in [0, 0.05) is 56.3 Å². The molecule has 3 fully saturated rings. The fraction of sp³-hybridized carbons (Fsp3) is 0.679. The minimum absolute atomic E-state index is 0.00979. The van der Waals surface area contributed by atoms with Gasteiger partial charge in [0.25, 0.3) is 0 Å². The maximum atomic E-state index is 11.6. The van der Waals surface area contributed by atoms with Gasteiger partial charge in [-0.15, -0.1) is 11.6 Å². The van der Waals surface area contributed by atoms with E-state index in [1.165, 1.54) is 32.1 Å². The number of hydrogen-bond donors (Lipinski definition) is 2. The predicted octanol–water partition coefficient (Wildman–Crippen LogP) is 4.04. The zero-order valence-electron chi connectivity index (χ0n) is 22.7. The number of ether oxygens (including phenoxy) is 2. The number of benzene rings is 1. The van der Waals surface area contributed by atoms with Crippen LogP contribution in [0.2, 0.25) is 0 Å². The summed E-state index contributed by atoms with van der Waals surface area (Å²) in [4.78, 5) is 26.5. The largest absolute Gasteiger partial charge is 0.493 e. The summed E-state index contributed by atoms with van der Waals surface area (Å²) in [7, 11) is 3.30. The highest BCUT2D eigenvalue weighted by molar-refractivity contribution is 6.27. The molecule has 3 aliphatic rings. The van der Waals surface area contributed by atoms with Gasteiger partial charge in [-0.05, 0) is 44.1 Å². The Balaban J connectivity index is 1.35. The molecular weight excluding hydrogens is 504 g/mol. The quantitative estimate of drug-likeness (QED) is 0.457. The monoisotopic (exact) mass is 544 g/mol. The first kappa shape index (κ1) is 27.1. The molecule has 9 nitrogen and oxygen atoms in total. The van der Waals surface area contributed by atoms with E-state index in [9.17, 15) is 4.79 Å². The van der Waals surface area contributed by atoms with Crippen molar-refractivity contribution in [3.8, 4) is 11.5 Å². The first-order valence-corrected chi connectivity index (χ1v) is 14.6. The van der Waals surface area contributed by atoms with Crippen molar-refractivity contribution in [1.29, 1.82) is 0 Å². The Kier molecular flexibility index (Phi) is 8.94. The van der Waals surface area contributed by atoms with Crippen LogP contribution in [0.5, 0.6) is 11.5 Å². The van der Waals surface area contributed by atoms with Gasteiger partial charge in [0.1, 0.15) is 11.7 Å². The fourth-order valence-electron chi connectivity index (χ4n) is 6.23. The number of rotatable bonds is 9. The Hall–Kier alpha value is -2.52. The first-order valence-electron chi connectivity index (χ1n) is 14.1. The molecule has 2 aromatic rings. The summed E-state index contributed by atoms with van der Waals surface area (Å²) in [5.41, 5.74) is 0.827. The number of likely N-dealkylation sites (tertiary alicyclic amines) is 1. The molecular formula is C28H41ClN6O3. The molecule has 38 heavy (non-hydrogen) atoms. The van der Waals surface area contributed by atoms with Crippen LogP contribution in [0.1, 0.15) is 51.4 Å². The molecule has 0 spiro atoms. The van der Waals surface area contributed by atoms with Crippen LogP contribution in [0, 0.1) is 5.92 Å². The molecule has 1 aromatic carbocycles. The number of methoxy groups -OCH3 is 2. The van der Waals surface area contributed by atoms with E-state index in [4.69, 9.17) is 31.0 Å². The second kappa shape index (κ2) is 12.6. The molecule has 1 aliphatic carbocycles. The molecule has 1 atom stereocenters. The zero-order valence-corrected chi connectivity index (χ0v) is 23.4. The second-order valence-electron chi connectivity index (χ2n) is 10.9. The maximum Gasteiger partial charge on any atom is 0.234 e. The van der Waals surface area contributed by atoms with Crippen LogP contribution in [0.3, 0.4) is 0 Å². The third-order valence-corrected chi connectivity index (χ3v) is 8.67. The Labute approximate surface area is 230 Å². The van der Waals surface area contributed by atoms with Crippen molar-refractivity contribution >= 4 is 40.2 Å². The Morgan fingerprint density at radius 3 is 2.45 bits per heavy atom. The Bertz CT molecular complexity index is 1100. The van der Waals surface area contributed by atoms with E-state index >= 15 is 0 Å². The van der Waals surface area contributed by atoms with Crippen LogP contribution < -0.4 is 25.0 Å². The van der Waals surface area contributed by atoms with Crippen LogP contribution >= 0.6 is 11.6 Å². The molecule has 1 unspecified atom stereocenters. The normalized spacial score (nSPS) is 21.6. The summed E-state index contributed by atoms with van der Waals surface area (Å²) >= 11 is 5.64. The molecule has 10 heteroatoms. The smallest absolute Gasteiger partial charge is 0.234 e. The van der Waals surface area contributed by atoms with E-state index in [1.807, 2.05) is 12.1 Å². The molecule has 3 heterocycles. The minimum Gasteiger partial charge on any atom is -0.493 e. The minimum atomic E-state index is -0.130. The van der Waals surface area contributed by atoms with E-state index < -0.39 is 0 Å². The number of amides is 1. The van der Waals surface area contributed by atoms with Gasteiger partial charge in [-0.1, -0.05) is 19.3 Å². The molecule has 1 saturated carbocycles. The average molecular weight is 545 g/mol. The van der Waals surface area contributed by atoms with E-state index in [-0.39, 0.29) is 11.8 Å². The standard InChI is InChI=1S/C28H41ClN6O3/c1-37-24-14-22-23(15-25(24)38-2)32-28(35-11-8-19(18-35)17-30-26(36)16-29)33-27(22)31-20-9-12-34(13-10-20)21-6-4-3-5-7-21/h14-15,19-21H,3-13,16-18H2,1-2H3,(H,30,36)(H,31,32,33). The summed E-state index contributed by atoms with van der Waals surface area (Å²) in [5.74, 6) is 3.08. The van der Waals surface area contributed by atoms with Crippen LogP contribution in [-0.4, -0.2) is 85.7 Å². The summed E-state index contributed by atoms with van der Waals surface area (Å²) in [5, 5.41) is 7.63. The van der Waals surface area contributed by atoms with Gasteiger partial charge < -0.3 is 29.9 Å². The van der Waals surface area contributed by atoms with Crippen molar-refractivity contribution in [2.24, 2.45) is 5.92 Å². The van der Waals surface area contributed by atoms with Crippen LogP contribution in [0.15, 0.2) is 12.1 Å². The fourth-order valence-corrected chi connectivity index (χ4v) is 6.32. The van der Waals surface area contributed by atoms with Gasteiger partial charge >= 0.3 is 0 Å². The van der Waals surface area contributed by atoms with Crippen molar-refractivity contribution < 1.29 is 14.3 Å². The number of carbonyl (C=O) groups is 1. The summed E-state index contributed by atoms with van der Waals surface area (Å²) < 4.78 is 11.2. The van der Waals surface area contributed by atoms with Gasteiger partial charge in [0.05, 0.1) is 19.7 Å². The summed E-state index contributed by atoms with van der Waals surface area (Å²) in [6.45, 7) is 4.53. The van der Waals surface area contributed by atoms with Gasteiger partial charge in [0.2, 0.25) is 11.9 Å². The summed E-state index contributed by atoms with van der Waals surface area (Å²) in [6.07, 6.45) is 10.0. The summed E-state index contributed by atoms with van der Waals surface area (Å²) in [6, 6.07) is 5.05. The van der Waals surface area contributed by atoms with Gasteiger partial charge in [-0.3, -0.25) is 4.79 Å². The lowest BCUT2D eigenvalue weighted by Gasteiger charge is -2.39. The number of anilines is 2. The molecule has 2 N–H and O–H groups in total. The lowest BCUT2D eigenvalue weighted by Crippen LogP contribution is -2.45. The number of nitrogens with zero attached hydrogens (tertiary/aromatic N) is 4. The second-order valence-corrected chi connectivity index (χ2v) is 11.1. The first-order chi connectivity index (χ1) is 18.6. The molecule has 0 radical (unpaired) electrons. The molecule has 0 bridgehead atoms. The highest BCUT2D eigenvalue weighted by Gasteiger charge is 2.29. The van der Waals surface area contributed by atoms with E-state index in [0.717, 1.165) is 68.2 Å². The lowest BCUT2D eigenvalue weighted by molar-refractivity contribution is -0.118. The topological polar surface area (TPSA) is 91.8 Å². The van der Waals surface area contributed by atoms with Gasteiger partial charge in [0.15, 0.2) is 11.5 Å². The molecule has 208 valence electrons. The highest BCUT2D eigenvalue weighted by atomic mass is 35.5. The van der Waals surface area contributed by atoms with Crippen LogP contribution in [-0.2, 0) is 4.79 Å². The van der Waals surface area contributed by atoms with Gasteiger partial charge in [-0.25, -0.2) is 4.98 Å². The third kappa shape index (κ3) is 6.20. The predicted molar refractivity (Wildman–Crippen MR) is 152 cm³/mol. The van der Waals surface area contributed by atoms with Crippen LogP contribution in [0.25, 0.3) is 10.9 Å². The van der Waals surface area contributed by atoms with Crippen molar-refractivity contribution in [3.05, 3.63) is 12.1 Å². The van der Waals surface area contributed by atoms with Crippen LogP contribution in [0.4, 0.5) is 11.8 Å². The zero-order chi connectivity index (χ0) is 26.5. The van der Waals surface area contributed by atoms with E-state index in [2.05, 4.69) is 20.4 Å². The molecule has 1 amide bonds. The van der Waals surface area contributed by atoms with Crippen molar-refractivity contribution in [2.75, 3.05) is 63.0 Å². The number of halogens is 1. The van der Waals surface area contributed by atoms with Crippen molar-refractivity contribution in [1.82, 2.24) is 20.2 Å². The Morgan fingerprint density at radius 1 is 1.00 bits per heavy atom. The maximum absolute atomic E-state index is 11.6. The third-order valence-electron chi connectivity index (χ3n) is 8.43. The lowest BCUT2D eigenvalue weighted by atomic mass is 9.92. The van der Waals surface area contributed by atoms with Crippen molar-refractivity contribution in [2.45, 2.75) is 63.5 Å².